The molecule has 0 unspecified atom stereocenters. The van der Waals surface area contributed by atoms with E-state index in [1.807, 2.05) is 29.2 Å². The largest absolute Gasteiger partial charge is 0.492 e. The van der Waals surface area contributed by atoms with Crippen LogP contribution in [0.25, 0.3) is 11.1 Å². The van der Waals surface area contributed by atoms with Crippen molar-refractivity contribution < 1.29 is 14.3 Å². The summed E-state index contributed by atoms with van der Waals surface area (Å²) in [4.78, 5) is 20.2. The third kappa shape index (κ3) is 4.64. The molecule has 3 aromatic rings. The Morgan fingerprint density at radius 3 is 2.17 bits per heavy atom. The first-order valence-corrected chi connectivity index (χ1v) is 13.0. The van der Waals surface area contributed by atoms with Crippen molar-refractivity contribution in [1.29, 1.82) is 0 Å². The van der Waals surface area contributed by atoms with Crippen LogP contribution in [0.3, 0.4) is 0 Å². The highest BCUT2D eigenvalue weighted by atomic mass is 16.5. The van der Waals surface area contributed by atoms with Crippen LogP contribution in [0.1, 0.15) is 27.5 Å². The molecule has 0 saturated carbocycles. The van der Waals surface area contributed by atoms with E-state index in [0.29, 0.717) is 12.2 Å². The maximum absolute atomic E-state index is 13.3. The van der Waals surface area contributed by atoms with E-state index in [-0.39, 0.29) is 11.9 Å². The van der Waals surface area contributed by atoms with Crippen molar-refractivity contribution in [3.05, 3.63) is 89.5 Å². The summed E-state index contributed by atoms with van der Waals surface area (Å²) in [5, 5.41) is 0. The van der Waals surface area contributed by atoms with Crippen molar-refractivity contribution in [2.45, 2.75) is 6.04 Å². The van der Waals surface area contributed by atoms with Gasteiger partial charge in [0.15, 0.2) is 0 Å². The first-order chi connectivity index (χ1) is 17.8. The van der Waals surface area contributed by atoms with Crippen LogP contribution in [0.5, 0.6) is 5.75 Å². The highest BCUT2D eigenvalue weighted by molar-refractivity contribution is 5.94. The van der Waals surface area contributed by atoms with Crippen LogP contribution in [0.4, 0.5) is 0 Å². The fourth-order valence-corrected chi connectivity index (χ4v) is 5.72. The summed E-state index contributed by atoms with van der Waals surface area (Å²) in [6, 6.07) is 25.4. The number of hydrogen-bond acceptors (Lipinski definition) is 5. The van der Waals surface area contributed by atoms with Crippen LogP contribution in [-0.4, -0.2) is 86.2 Å². The molecule has 0 spiro atoms. The van der Waals surface area contributed by atoms with Gasteiger partial charge in [0, 0.05) is 51.4 Å². The van der Waals surface area contributed by atoms with Gasteiger partial charge in [-0.2, -0.15) is 0 Å². The molecule has 2 heterocycles. The summed E-state index contributed by atoms with van der Waals surface area (Å²) < 4.78 is 11.4. The molecule has 3 aromatic carbocycles. The second kappa shape index (κ2) is 10.4. The molecule has 0 N–H and O–H groups in total. The van der Waals surface area contributed by atoms with E-state index in [1.165, 1.54) is 22.3 Å². The van der Waals surface area contributed by atoms with Gasteiger partial charge in [-0.15, -0.1) is 0 Å². The molecule has 6 nitrogen and oxygen atoms in total. The summed E-state index contributed by atoms with van der Waals surface area (Å²) in [6.45, 7) is 8.12. The molecule has 36 heavy (non-hydrogen) atoms. The number of ether oxygens (including phenoxy) is 2. The van der Waals surface area contributed by atoms with Crippen LogP contribution in [-0.2, 0) is 4.74 Å². The molecule has 0 atom stereocenters. The van der Waals surface area contributed by atoms with Crippen LogP contribution >= 0.6 is 0 Å². The molecule has 2 fully saturated rings. The minimum absolute atomic E-state index is 0.0838. The van der Waals surface area contributed by atoms with Gasteiger partial charge in [0.25, 0.3) is 5.91 Å². The fourth-order valence-electron chi connectivity index (χ4n) is 5.72. The van der Waals surface area contributed by atoms with E-state index in [9.17, 15) is 4.79 Å². The first-order valence-electron chi connectivity index (χ1n) is 13.0. The van der Waals surface area contributed by atoms with Gasteiger partial charge in [-0.25, -0.2) is 0 Å². The summed E-state index contributed by atoms with van der Waals surface area (Å²) in [7, 11) is 0. The number of piperazine rings is 1. The Morgan fingerprint density at radius 1 is 0.806 bits per heavy atom. The van der Waals surface area contributed by atoms with Gasteiger partial charge >= 0.3 is 0 Å². The minimum atomic E-state index is 0.0838. The van der Waals surface area contributed by atoms with Crippen molar-refractivity contribution in [1.82, 2.24) is 14.7 Å². The van der Waals surface area contributed by atoms with Crippen molar-refractivity contribution in [2.75, 3.05) is 65.6 Å². The van der Waals surface area contributed by atoms with Crippen molar-refractivity contribution in [2.24, 2.45) is 0 Å². The van der Waals surface area contributed by atoms with Gasteiger partial charge in [0.2, 0.25) is 0 Å². The van der Waals surface area contributed by atoms with Crippen LogP contribution in [0.15, 0.2) is 72.8 Å². The van der Waals surface area contributed by atoms with E-state index < -0.39 is 0 Å². The van der Waals surface area contributed by atoms with Gasteiger partial charge in [0.1, 0.15) is 12.4 Å². The van der Waals surface area contributed by atoms with Crippen LogP contribution < -0.4 is 4.74 Å². The van der Waals surface area contributed by atoms with E-state index >= 15 is 0 Å². The fraction of sp³-hybridized carbons (Fsp3) is 0.367. The molecule has 1 amide bonds. The number of benzene rings is 3. The Kier molecular flexibility index (Phi) is 6.73. The smallest absolute Gasteiger partial charge is 0.254 e. The van der Waals surface area contributed by atoms with Crippen molar-refractivity contribution in [3.8, 4) is 16.9 Å². The number of nitrogens with zero attached hydrogens (tertiary/aromatic N) is 3. The zero-order chi connectivity index (χ0) is 24.3. The number of carbonyl (C=O) groups is 1. The molecule has 186 valence electrons. The number of hydrogen-bond donors (Lipinski definition) is 0. The molecule has 2 saturated heterocycles. The first kappa shape index (κ1) is 23.2. The van der Waals surface area contributed by atoms with Gasteiger partial charge in [-0.1, -0.05) is 54.6 Å². The van der Waals surface area contributed by atoms with E-state index in [1.54, 1.807) is 0 Å². The standard InChI is InChI=1S/C30H33N3O3/c34-30(23-6-5-7-24(22-23)36-21-18-31-16-19-35-20-17-31)33-14-12-32(13-15-33)29-27-10-3-1-8-25(27)26-9-2-4-11-28(26)29/h1-11,22,29H,12-21H2. The number of carbonyl (C=O) groups excluding carboxylic acids is 1. The average molecular weight is 484 g/mol. The molecule has 1 aliphatic carbocycles. The molecule has 2 aliphatic heterocycles. The van der Waals surface area contributed by atoms with Gasteiger partial charge in [0.05, 0.1) is 19.3 Å². The summed E-state index contributed by atoms with van der Waals surface area (Å²) in [5.41, 5.74) is 6.12. The molecule has 0 radical (unpaired) electrons. The molecular weight excluding hydrogens is 450 g/mol. The van der Waals surface area contributed by atoms with Gasteiger partial charge in [-0.05, 0) is 40.5 Å². The van der Waals surface area contributed by atoms with E-state index in [4.69, 9.17) is 9.47 Å². The Hall–Kier alpha value is -3.19. The second-order valence-electron chi connectivity index (χ2n) is 9.74. The summed E-state index contributed by atoms with van der Waals surface area (Å²) in [5.74, 6) is 0.840. The molecule has 6 rings (SSSR count). The predicted octanol–water partition coefficient (Wildman–Crippen LogP) is 3.93. The maximum atomic E-state index is 13.3. The molecule has 3 aliphatic rings. The Bertz CT molecular complexity index is 1170. The van der Waals surface area contributed by atoms with E-state index in [0.717, 1.165) is 64.8 Å². The highest BCUT2D eigenvalue weighted by Gasteiger charge is 2.35. The maximum Gasteiger partial charge on any atom is 0.254 e. The molecule has 0 bridgehead atoms. The number of amides is 1. The lowest BCUT2D eigenvalue weighted by Gasteiger charge is -2.38. The van der Waals surface area contributed by atoms with Gasteiger partial charge in [-0.3, -0.25) is 14.6 Å². The molecular formula is C30H33N3O3. The van der Waals surface area contributed by atoms with Crippen LogP contribution in [0, 0.1) is 0 Å². The number of rotatable bonds is 6. The lowest BCUT2D eigenvalue weighted by Crippen LogP contribution is -2.49. The molecule has 6 heteroatoms. The average Bonchev–Trinajstić information content (AvgIpc) is 3.28. The zero-order valence-electron chi connectivity index (χ0n) is 20.6. The summed E-state index contributed by atoms with van der Waals surface area (Å²) in [6.07, 6.45) is 0. The SMILES string of the molecule is O=C(c1cccc(OCCN2CCOCC2)c1)N1CCN(C2c3ccccc3-c3ccccc32)CC1. The topological polar surface area (TPSA) is 45.2 Å². The Labute approximate surface area is 213 Å². The predicted molar refractivity (Wildman–Crippen MR) is 140 cm³/mol. The second-order valence-corrected chi connectivity index (χ2v) is 9.74. The lowest BCUT2D eigenvalue weighted by atomic mass is 10.0. The zero-order valence-corrected chi connectivity index (χ0v) is 20.6. The quantitative estimate of drug-likeness (QED) is 0.532. The highest BCUT2D eigenvalue weighted by Crippen LogP contribution is 2.46. The monoisotopic (exact) mass is 483 g/mol. The van der Waals surface area contributed by atoms with Gasteiger partial charge < -0.3 is 14.4 Å². The molecule has 0 aromatic heterocycles. The normalized spacial score (nSPS) is 18.6. The van der Waals surface area contributed by atoms with Crippen molar-refractivity contribution in [3.63, 3.8) is 0 Å². The number of fused-ring (bicyclic) bond motifs is 3. The lowest BCUT2D eigenvalue weighted by molar-refractivity contribution is 0.0322. The Morgan fingerprint density at radius 2 is 1.47 bits per heavy atom. The van der Waals surface area contributed by atoms with E-state index in [2.05, 4.69) is 58.3 Å². The Balaban J connectivity index is 1.08. The van der Waals surface area contributed by atoms with Crippen LogP contribution in [0.2, 0.25) is 0 Å². The third-order valence-corrected chi connectivity index (χ3v) is 7.63. The number of morpholine rings is 1. The summed E-state index contributed by atoms with van der Waals surface area (Å²) >= 11 is 0. The van der Waals surface area contributed by atoms with Crippen molar-refractivity contribution >= 4 is 5.91 Å². The third-order valence-electron chi connectivity index (χ3n) is 7.63. The minimum Gasteiger partial charge on any atom is -0.492 e.